The van der Waals surface area contributed by atoms with E-state index in [-0.39, 0.29) is 5.75 Å². The molecule has 0 saturated heterocycles. The summed E-state index contributed by atoms with van der Waals surface area (Å²) in [5.41, 5.74) is 1.92. The number of hydrogen-bond acceptors (Lipinski definition) is 4. The number of aromatic nitrogens is 2. The minimum absolute atomic E-state index is 0.0317. The van der Waals surface area contributed by atoms with Crippen molar-refractivity contribution in [1.82, 2.24) is 9.55 Å². The second-order valence-electron chi connectivity index (χ2n) is 5.27. The second-order valence-corrected chi connectivity index (χ2v) is 6.22. The van der Waals surface area contributed by atoms with Gasteiger partial charge in [-0.15, -0.1) is 0 Å². The number of benzene rings is 1. The monoisotopic (exact) mass is 306 g/mol. The van der Waals surface area contributed by atoms with Gasteiger partial charge in [0.1, 0.15) is 5.75 Å². The maximum absolute atomic E-state index is 10.8. The average molecular weight is 306 g/mol. The van der Waals surface area contributed by atoms with E-state index >= 15 is 0 Å². The van der Waals surface area contributed by atoms with E-state index in [1.165, 1.54) is 11.8 Å². The Bertz CT molecular complexity index is 683. The van der Waals surface area contributed by atoms with Crippen LogP contribution in [0.4, 0.5) is 0 Å². The summed E-state index contributed by atoms with van der Waals surface area (Å²) >= 11 is 1.29. The molecule has 1 aromatic carbocycles. The lowest BCUT2D eigenvalue weighted by atomic mass is 10.3. The third-order valence-corrected chi connectivity index (χ3v) is 4.87. The Morgan fingerprint density at radius 3 is 3.00 bits per heavy atom. The lowest BCUT2D eigenvalue weighted by Gasteiger charge is -2.08. The smallest absolute Gasteiger partial charge is 0.313 e. The first-order valence-electron chi connectivity index (χ1n) is 7.04. The maximum Gasteiger partial charge on any atom is 0.313 e. The van der Waals surface area contributed by atoms with Crippen molar-refractivity contribution in [3.05, 3.63) is 18.2 Å². The summed E-state index contributed by atoms with van der Waals surface area (Å²) in [4.78, 5) is 15.4. The number of carboxylic acid groups (broad SMARTS) is 1. The summed E-state index contributed by atoms with van der Waals surface area (Å²) in [6.07, 6.45) is 2.27. The molecule has 1 aliphatic carbocycles. The van der Waals surface area contributed by atoms with Gasteiger partial charge < -0.3 is 14.4 Å². The molecule has 1 fully saturated rings. The topological polar surface area (TPSA) is 64.4 Å². The van der Waals surface area contributed by atoms with Gasteiger partial charge in [0.25, 0.3) is 0 Å². The summed E-state index contributed by atoms with van der Waals surface area (Å²) < 4.78 is 7.49. The van der Waals surface area contributed by atoms with Gasteiger partial charge in [0.2, 0.25) is 0 Å². The number of imidazole rings is 1. The van der Waals surface area contributed by atoms with E-state index in [2.05, 4.69) is 16.5 Å². The molecule has 1 saturated carbocycles. The Kier molecular flexibility index (Phi) is 3.80. The van der Waals surface area contributed by atoms with Gasteiger partial charge in [0, 0.05) is 12.1 Å². The number of thioether (sulfide) groups is 1. The zero-order valence-corrected chi connectivity index (χ0v) is 12.9. The van der Waals surface area contributed by atoms with Crippen LogP contribution in [-0.2, 0) is 4.79 Å². The number of rotatable bonds is 6. The molecule has 1 aromatic heterocycles. The highest BCUT2D eigenvalue weighted by molar-refractivity contribution is 7.99. The molecule has 2 aromatic rings. The minimum Gasteiger partial charge on any atom is -0.497 e. The van der Waals surface area contributed by atoms with Crippen LogP contribution in [0.25, 0.3) is 11.0 Å². The molecular formula is C15H18N2O3S. The Labute approximate surface area is 127 Å². The molecule has 112 valence electrons. The van der Waals surface area contributed by atoms with Crippen LogP contribution in [0.5, 0.6) is 5.75 Å². The fraction of sp³-hybridized carbons (Fsp3) is 0.467. The predicted octanol–water partition coefficient (Wildman–Crippen LogP) is 3.19. The molecule has 0 amide bonds. The highest BCUT2D eigenvalue weighted by atomic mass is 32.2. The van der Waals surface area contributed by atoms with Crippen molar-refractivity contribution >= 4 is 28.8 Å². The minimum atomic E-state index is -0.820. The number of ether oxygens (including phenoxy) is 1. The van der Waals surface area contributed by atoms with Crippen molar-refractivity contribution < 1.29 is 14.6 Å². The summed E-state index contributed by atoms with van der Waals surface area (Å²) in [6, 6.07) is 6.23. The molecule has 21 heavy (non-hydrogen) atoms. The molecule has 1 N–H and O–H groups in total. The van der Waals surface area contributed by atoms with Gasteiger partial charge in [-0.2, -0.15) is 0 Å². The van der Waals surface area contributed by atoms with E-state index in [9.17, 15) is 4.79 Å². The third kappa shape index (κ3) is 2.72. The van der Waals surface area contributed by atoms with E-state index in [1.54, 1.807) is 7.11 Å². The highest BCUT2D eigenvalue weighted by Gasteiger charge is 2.39. The first-order chi connectivity index (χ1) is 10.1. The Morgan fingerprint density at radius 1 is 1.57 bits per heavy atom. The SMILES string of the molecule is CCC1CC1n1c(SCC(=O)O)nc2ccc(OC)cc21. The Hall–Kier alpha value is -1.69. The molecule has 5 nitrogen and oxygen atoms in total. The maximum atomic E-state index is 10.8. The van der Waals surface area contributed by atoms with Crippen LogP contribution in [0.15, 0.2) is 23.4 Å². The Morgan fingerprint density at radius 2 is 2.38 bits per heavy atom. The van der Waals surface area contributed by atoms with Crippen molar-refractivity contribution in [2.45, 2.75) is 31.0 Å². The molecule has 2 atom stereocenters. The van der Waals surface area contributed by atoms with Crippen LogP contribution in [0.2, 0.25) is 0 Å². The Balaban J connectivity index is 2.03. The van der Waals surface area contributed by atoms with Crippen LogP contribution < -0.4 is 4.74 Å². The van der Waals surface area contributed by atoms with Crippen LogP contribution in [-0.4, -0.2) is 33.5 Å². The van der Waals surface area contributed by atoms with Gasteiger partial charge in [-0.3, -0.25) is 4.79 Å². The van der Waals surface area contributed by atoms with Gasteiger partial charge in [0.15, 0.2) is 5.16 Å². The fourth-order valence-corrected chi connectivity index (χ4v) is 3.50. The molecule has 2 unspecified atom stereocenters. The zero-order chi connectivity index (χ0) is 15.0. The number of carbonyl (C=O) groups is 1. The number of methoxy groups -OCH3 is 1. The van der Waals surface area contributed by atoms with Gasteiger partial charge >= 0.3 is 5.97 Å². The number of aliphatic carboxylic acids is 1. The van der Waals surface area contributed by atoms with E-state index < -0.39 is 5.97 Å². The van der Waals surface area contributed by atoms with Crippen molar-refractivity contribution in [2.24, 2.45) is 5.92 Å². The van der Waals surface area contributed by atoms with E-state index in [0.29, 0.717) is 12.0 Å². The van der Waals surface area contributed by atoms with Gasteiger partial charge in [-0.1, -0.05) is 25.1 Å². The number of carboxylic acids is 1. The summed E-state index contributed by atoms with van der Waals surface area (Å²) in [5, 5.41) is 9.69. The van der Waals surface area contributed by atoms with Crippen LogP contribution in [0, 0.1) is 5.92 Å². The van der Waals surface area contributed by atoms with Crippen LogP contribution >= 0.6 is 11.8 Å². The largest absolute Gasteiger partial charge is 0.497 e. The highest BCUT2D eigenvalue weighted by Crippen LogP contribution is 2.49. The van der Waals surface area contributed by atoms with Gasteiger partial charge in [-0.25, -0.2) is 4.98 Å². The predicted molar refractivity (Wildman–Crippen MR) is 82.1 cm³/mol. The lowest BCUT2D eigenvalue weighted by molar-refractivity contribution is -0.133. The van der Waals surface area contributed by atoms with Gasteiger partial charge in [0.05, 0.1) is 23.9 Å². The molecule has 0 aliphatic heterocycles. The van der Waals surface area contributed by atoms with E-state index in [4.69, 9.17) is 9.84 Å². The van der Waals surface area contributed by atoms with Crippen molar-refractivity contribution in [3.63, 3.8) is 0 Å². The molecule has 6 heteroatoms. The van der Waals surface area contributed by atoms with Crippen molar-refractivity contribution in [2.75, 3.05) is 12.9 Å². The summed E-state index contributed by atoms with van der Waals surface area (Å²) in [7, 11) is 1.65. The van der Waals surface area contributed by atoms with E-state index in [1.807, 2.05) is 18.2 Å². The number of fused-ring (bicyclic) bond motifs is 1. The number of hydrogen-bond donors (Lipinski definition) is 1. The standard InChI is InChI=1S/C15H18N2O3S/c1-3-9-6-12(9)17-13-7-10(20-2)4-5-11(13)16-15(17)21-8-14(18)19/h4-5,7,9,12H,3,6,8H2,1-2H3,(H,18,19). The normalized spacial score (nSPS) is 20.7. The van der Waals surface area contributed by atoms with Crippen LogP contribution in [0.3, 0.4) is 0 Å². The molecule has 1 aliphatic rings. The molecular weight excluding hydrogens is 288 g/mol. The first-order valence-corrected chi connectivity index (χ1v) is 8.03. The first kappa shape index (κ1) is 14.3. The zero-order valence-electron chi connectivity index (χ0n) is 12.1. The summed E-state index contributed by atoms with van der Waals surface area (Å²) in [6.45, 7) is 2.19. The van der Waals surface area contributed by atoms with Gasteiger partial charge in [-0.05, 0) is 24.5 Å². The molecule has 0 radical (unpaired) electrons. The molecule has 0 spiro atoms. The van der Waals surface area contributed by atoms with Crippen LogP contribution in [0.1, 0.15) is 25.8 Å². The number of nitrogens with zero attached hydrogens (tertiary/aromatic N) is 2. The third-order valence-electron chi connectivity index (χ3n) is 3.93. The lowest BCUT2D eigenvalue weighted by Crippen LogP contribution is -2.03. The quantitative estimate of drug-likeness (QED) is 0.830. The van der Waals surface area contributed by atoms with Crippen molar-refractivity contribution in [3.8, 4) is 5.75 Å². The summed E-state index contributed by atoms with van der Waals surface area (Å²) in [5.74, 6) is 0.674. The molecule has 1 heterocycles. The molecule has 3 rings (SSSR count). The average Bonchev–Trinajstić information content (AvgIpc) is 3.17. The van der Waals surface area contributed by atoms with Crippen molar-refractivity contribution in [1.29, 1.82) is 0 Å². The van der Waals surface area contributed by atoms with E-state index in [0.717, 1.165) is 34.8 Å². The second kappa shape index (κ2) is 5.60. The fourth-order valence-electron chi connectivity index (χ4n) is 2.71. The molecule has 0 bridgehead atoms.